The van der Waals surface area contributed by atoms with Crippen LogP contribution in [0.1, 0.15) is 6.92 Å². The standard InChI is InChI=1S/C10H10N2O3S/c1-2-15-7-3-4-8(12-11)9(5-7)16-6-10(13)14/h3-5H,2,6H2,1H3/p+1. The van der Waals surface area contributed by atoms with Gasteiger partial charge in [-0.25, -0.2) is 0 Å². The van der Waals surface area contributed by atoms with Crippen molar-refractivity contribution in [3.63, 3.8) is 0 Å². The minimum atomic E-state index is -0.921. The predicted octanol–water partition coefficient (Wildman–Crippen LogP) is 2.75. The first-order chi connectivity index (χ1) is 7.67. The highest BCUT2D eigenvalue weighted by Gasteiger charge is 2.16. The van der Waals surface area contributed by atoms with Gasteiger partial charge in [0.1, 0.15) is 10.6 Å². The molecular weight excluding hydrogens is 228 g/mol. The Labute approximate surface area is 97.0 Å². The number of hydrogen-bond acceptors (Lipinski definition) is 4. The minimum Gasteiger partial charge on any atom is -0.494 e. The largest absolute Gasteiger partial charge is 0.494 e. The molecule has 0 aliphatic carbocycles. The molecule has 0 spiro atoms. The first-order valence-electron chi connectivity index (χ1n) is 4.64. The number of nitrogens with zero attached hydrogens (tertiary/aromatic N) is 2. The summed E-state index contributed by atoms with van der Waals surface area (Å²) in [4.78, 5) is 14.1. The Morgan fingerprint density at radius 2 is 2.38 bits per heavy atom. The van der Waals surface area contributed by atoms with Crippen molar-refractivity contribution < 1.29 is 14.6 Å². The summed E-state index contributed by atoms with van der Waals surface area (Å²) in [7, 11) is 0. The van der Waals surface area contributed by atoms with Gasteiger partial charge in [0.2, 0.25) is 5.39 Å². The monoisotopic (exact) mass is 239 g/mol. The summed E-state index contributed by atoms with van der Waals surface area (Å²) in [6, 6.07) is 4.91. The number of ether oxygens (including phenoxy) is 1. The fourth-order valence-electron chi connectivity index (χ4n) is 1.09. The average molecular weight is 239 g/mol. The number of carboxylic acids is 1. The van der Waals surface area contributed by atoms with Crippen molar-refractivity contribution in [1.29, 1.82) is 5.39 Å². The van der Waals surface area contributed by atoms with Crippen LogP contribution in [0.4, 0.5) is 5.69 Å². The molecule has 0 aliphatic heterocycles. The summed E-state index contributed by atoms with van der Waals surface area (Å²) in [5.74, 6) is -0.378. The third-order valence-corrected chi connectivity index (χ3v) is 2.73. The lowest BCUT2D eigenvalue weighted by Crippen LogP contribution is -1.97. The molecule has 0 aromatic heterocycles. The zero-order valence-corrected chi connectivity index (χ0v) is 9.53. The highest BCUT2D eigenvalue weighted by molar-refractivity contribution is 8.00. The molecule has 0 saturated heterocycles. The molecule has 0 fully saturated rings. The second-order valence-electron chi connectivity index (χ2n) is 2.84. The van der Waals surface area contributed by atoms with E-state index in [4.69, 9.17) is 15.2 Å². The van der Waals surface area contributed by atoms with Crippen LogP contribution in [0.5, 0.6) is 5.75 Å². The zero-order valence-electron chi connectivity index (χ0n) is 8.71. The first kappa shape index (κ1) is 12.3. The fraction of sp³-hybridized carbons (Fsp3) is 0.300. The molecule has 0 radical (unpaired) electrons. The molecule has 1 N–H and O–H groups in total. The number of benzene rings is 1. The summed E-state index contributed by atoms with van der Waals surface area (Å²) in [5.41, 5.74) is 0.342. The highest BCUT2D eigenvalue weighted by atomic mass is 32.2. The molecule has 0 heterocycles. The normalized spacial score (nSPS) is 9.50. The van der Waals surface area contributed by atoms with E-state index in [-0.39, 0.29) is 5.75 Å². The van der Waals surface area contributed by atoms with Gasteiger partial charge in [-0.15, -0.1) is 11.8 Å². The molecule has 5 nitrogen and oxygen atoms in total. The molecular formula is C10H11N2O3S+. The molecule has 0 bridgehead atoms. The molecule has 16 heavy (non-hydrogen) atoms. The van der Waals surface area contributed by atoms with E-state index in [9.17, 15) is 4.79 Å². The van der Waals surface area contributed by atoms with Gasteiger partial charge in [-0.2, -0.15) is 0 Å². The number of thioether (sulfide) groups is 1. The maximum absolute atomic E-state index is 10.4. The van der Waals surface area contributed by atoms with Crippen molar-refractivity contribution in [2.75, 3.05) is 12.4 Å². The highest BCUT2D eigenvalue weighted by Crippen LogP contribution is 2.33. The van der Waals surface area contributed by atoms with Crippen LogP contribution < -0.4 is 4.74 Å². The Morgan fingerprint density at radius 3 is 2.94 bits per heavy atom. The number of diazo groups is 1. The fourth-order valence-corrected chi connectivity index (χ4v) is 1.82. The molecule has 1 rings (SSSR count). The Kier molecular flexibility index (Phi) is 4.61. The van der Waals surface area contributed by atoms with Gasteiger partial charge in [-0.3, -0.25) is 4.79 Å². The summed E-state index contributed by atoms with van der Waals surface area (Å²) >= 11 is 1.09. The summed E-state index contributed by atoms with van der Waals surface area (Å²) < 4.78 is 5.27. The number of carboxylic acid groups (broad SMARTS) is 1. The SMILES string of the molecule is CCOc1ccc([N+]#N)c(SCC(=O)O)c1. The Bertz CT molecular complexity index is 429. The van der Waals surface area contributed by atoms with Gasteiger partial charge in [0.15, 0.2) is 4.98 Å². The van der Waals surface area contributed by atoms with Crippen molar-refractivity contribution in [2.45, 2.75) is 11.8 Å². The van der Waals surface area contributed by atoms with Crippen molar-refractivity contribution in [3.05, 3.63) is 23.2 Å². The number of carbonyl (C=O) groups is 1. The molecule has 0 aliphatic rings. The number of rotatable bonds is 5. The van der Waals surface area contributed by atoms with Crippen LogP contribution in [0.15, 0.2) is 23.1 Å². The predicted molar refractivity (Wildman–Crippen MR) is 60.7 cm³/mol. The van der Waals surface area contributed by atoms with Gasteiger partial charge in [0.05, 0.1) is 12.4 Å². The van der Waals surface area contributed by atoms with Crippen LogP contribution >= 0.6 is 11.8 Å². The van der Waals surface area contributed by atoms with Crippen molar-refractivity contribution >= 4 is 23.4 Å². The minimum absolute atomic E-state index is 0.0852. The van der Waals surface area contributed by atoms with E-state index in [1.54, 1.807) is 18.2 Å². The number of hydrogen-bond donors (Lipinski definition) is 1. The van der Waals surface area contributed by atoms with Gasteiger partial charge in [-0.1, -0.05) is 0 Å². The summed E-state index contributed by atoms with van der Waals surface area (Å²) in [6.07, 6.45) is 0. The van der Waals surface area contributed by atoms with Crippen LogP contribution in [-0.4, -0.2) is 23.4 Å². The molecule has 6 heteroatoms. The van der Waals surface area contributed by atoms with E-state index in [0.29, 0.717) is 22.9 Å². The molecule has 1 aromatic carbocycles. The second-order valence-corrected chi connectivity index (χ2v) is 3.86. The lowest BCUT2D eigenvalue weighted by atomic mass is 10.3. The topological polar surface area (TPSA) is 74.7 Å². The van der Waals surface area contributed by atoms with Gasteiger partial charge >= 0.3 is 11.7 Å². The molecule has 0 unspecified atom stereocenters. The summed E-state index contributed by atoms with van der Waals surface area (Å²) in [5, 5.41) is 17.3. The van der Waals surface area contributed by atoms with E-state index >= 15 is 0 Å². The van der Waals surface area contributed by atoms with Gasteiger partial charge in [-0.05, 0) is 13.0 Å². The Hall–Kier alpha value is -1.74. The van der Waals surface area contributed by atoms with Crippen molar-refractivity contribution in [2.24, 2.45) is 0 Å². The molecule has 1 aromatic rings. The molecule has 84 valence electrons. The Morgan fingerprint density at radius 1 is 1.62 bits per heavy atom. The van der Waals surface area contributed by atoms with Crippen LogP contribution in [-0.2, 0) is 4.79 Å². The first-order valence-corrected chi connectivity index (χ1v) is 5.62. The van der Waals surface area contributed by atoms with E-state index in [2.05, 4.69) is 4.98 Å². The Balaban J connectivity index is 2.89. The van der Waals surface area contributed by atoms with E-state index in [1.165, 1.54) is 0 Å². The smallest absolute Gasteiger partial charge is 0.398 e. The second kappa shape index (κ2) is 5.98. The molecule has 0 amide bonds. The average Bonchev–Trinajstić information content (AvgIpc) is 2.27. The van der Waals surface area contributed by atoms with Gasteiger partial charge in [0.25, 0.3) is 0 Å². The summed E-state index contributed by atoms with van der Waals surface area (Å²) in [6.45, 7) is 2.38. The van der Waals surface area contributed by atoms with E-state index < -0.39 is 5.97 Å². The maximum Gasteiger partial charge on any atom is 0.398 e. The van der Waals surface area contributed by atoms with E-state index in [1.807, 2.05) is 6.92 Å². The van der Waals surface area contributed by atoms with Gasteiger partial charge < -0.3 is 9.84 Å². The zero-order chi connectivity index (χ0) is 12.0. The van der Waals surface area contributed by atoms with Gasteiger partial charge in [0, 0.05) is 12.1 Å². The maximum atomic E-state index is 10.4. The van der Waals surface area contributed by atoms with Crippen LogP contribution in [0, 0.1) is 5.39 Å². The van der Waals surface area contributed by atoms with Crippen LogP contribution in [0.3, 0.4) is 0 Å². The molecule has 0 atom stereocenters. The quantitative estimate of drug-likeness (QED) is 0.631. The van der Waals surface area contributed by atoms with Crippen LogP contribution in [0.2, 0.25) is 0 Å². The van der Waals surface area contributed by atoms with Crippen molar-refractivity contribution in [1.82, 2.24) is 0 Å². The third-order valence-electron chi connectivity index (χ3n) is 1.70. The van der Waals surface area contributed by atoms with Crippen LogP contribution in [0.25, 0.3) is 4.98 Å². The third kappa shape index (κ3) is 3.44. The molecule has 0 saturated carbocycles. The lowest BCUT2D eigenvalue weighted by molar-refractivity contribution is -0.133. The van der Waals surface area contributed by atoms with E-state index in [0.717, 1.165) is 11.8 Å². The lowest BCUT2D eigenvalue weighted by Gasteiger charge is -2.02. The number of aliphatic carboxylic acids is 1. The van der Waals surface area contributed by atoms with Crippen molar-refractivity contribution in [3.8, 4) is 5.75 Å².